The summed E-state index contributed by atoms with van der Waals surface area (Å²) < 4.78 is 1.91. The number of carbonyl (C=O) groups excluding carboxylic acids is 1. The maximum atomic E-state index is 12.8. The second-order valence-corrected chi connectivity index (χ2v) is 6.65. The minimum atomic E-state index is -0.128. The lowest BCUT2D eigenvalue weighted by atomic mass is 10.1. The zero-order valence-electron chi connectivity index (χ0n) is 13.9. The van der Waals surface area contributed by atoms with Crippen LogP contribution in [-0.4, -0.2) is 20.4 Å². The summed E-state index contributed by atoms with van der Waals surface area (Å²) in [7, 11) is 0. The molecule has 0 unspecified atom stereocenters. The van der Waals surface area contributed by atoms with Crippen molar-refractivity contribution >= 4 is 17.2 Å². The molecule has 0 radical (unpaired) electrons. The number of hydrogen-bond donors (Lipinski definition) is 1. The molecule has 3 heterocycles. The molecule has 3 aromatic heterocycles. The zero-order valence-corrected chi connectivity index (χ0v) is 14.7. The highest BCUT2D eigenvalue weighted by Crippen LogP contribution is 2.30. The van der Waals surface area contributed by atoms with Gasteiger partial charge in [0.25, 0.3) is 5.91 Å². The summed E-state index contributed by atoms with van der Waals surface area (Å²) >= 11 is 1.38. The third-order valence-electron chi connectivity index (χ3n) is 3.90. The van der Waals surface area contributed by atoms with Gasteiger partial charge in [-0.2, -0.15) is 0 Å². The van der Waals surface area contributed by atoms with Gasteiger partial charge >= 0.3 is 0 Å². The Morgan fingerprint density at radius 2 is 1.73 bits per heavy atom. The molecule has 6 heteroatoms. The van der Waals surface area contributed by atoms with Crippen molar-refractivity contribution in [2.24, 2.45) is 0 Å². The van der Waals surface area contributed by atoms with Crippen LogP contribution in [0.25, 0.3) is 16.4 Å². The fourth-order valence-corrected chi connectivity index (χ4v) is 3.56. The number of benzene rings is 1. The Bertz CT molecular complexity index is 995. The van der Waals surface area contributed by atoms with E-state index in [1.54, 1.807) is 12.4 Å². The molecule has 0 spiro atoms. The number of thiazole rings is 1. The van der Waals surface area contributed by atoms with Crippen LogP contribution in [0.1, 0.15) is 15.2 Å². The van der Waals surface area contributed by atoms with E-state index in [0.29, 0.717) is 17.1 Å². The Labute approximate surface area is 155 Å². The molecule has 0 aliphatic heterocycles. The van der Waals surface area contributed by atoms with Gasteiger partial charge in [0.05, 0.1) is 5.69 Å². The zero-order chi connectivity index (χ0) is 17.8. The normalized spacial score (nSPS) is 10.6. The summed E-state index contributed by atoms with van der Waals surface area (Å²) in [5.74, 6) is -0.128. The lowest BCUT2D eigenvalue weighted by molar-refractivity contribution is 0.0955. The molecule has 26 heavy (non-hydrogen) atoms. The smallest absolute Gasteiger partial charge is 0.264 e. The molecule has 0 atom stereocenters. The molecule has 4 rings (SSSR count). The van der Waals surface area contributed by atoms with Crippen LogP contribution in [0.3, 0.4) is 0 Å². The number of carbonyl (C=O) groups is 1. The summed E-state index contributed by atoms with van der Waals surface area (Å²) in [6, 6.07) is 17.4. The third-order valence-corrected chi connectivity index (χ3v) is 4.96. The Morgan fingerprint density at radius 3 is 2.46 bits per heavy atom. The molecule has 0 aliphatic rings. The molecular formula is C20H16N4OS. The van der Waals surface area contributed by atoms with Crippen LogP contribution in [0, 0.1) is 0 Å². The first kappa shape index (κ1) is 16.2. The van der Waals surface area contributed by atoms with E-state index in [-0.39, 0.29) is 5.91 Å². The molecular weight excluding hydrogens is 344 g/mol. The molecule has 0 saturated heterocycles. The second kappa shape index (κ2) is 7.33. The fraction of sp³-hybridized carbons (Fsp3) is 0.0500. The van der Waals surface area contributed by atoms with Crippen molar-refractivity contribution in [1.82, 2.24) is 19.9 Å². The highest BCUT2D eigenvalue weighted by Gasteiger charge is 2.20. The first-order valence-corrected chi connectivity index (χ1v) is 8.99. The Kier molecular flexibility index (Phi) is 4.57. The van der Waals surface area contributed by atoms with Crippen LogP contribution in [0.2, 0.25) is 0 Å². The van der Waals surface area contributed by atoms with Crippen molar-refractivity contribution in [3.05, 3.63) is 89.8 Å². The Balaban J connectivity index is 1.66. The number of amides is 1. The maximum absolute atomic E-state index is 12.8. The highest BCUT2D eigenvalue weighted by molar-refractivity contribution is 7.16. The summed E-state index contributed by atoms with van der Waals surface area (Å²) in [5.41, 5.74) is 2.63. The predicted molar refractivity (Wildman–Crippen MR) is 102 cm³/mol. The third kappa shape index (κ3) is 3.41. The average molecular weight is 360 g/mol. The van der Waals surface area contributed by atoms with E-state index in [1.807, 2.05) is 71.6 Å². The standard InChI is InChI=1S/C20H16N4OS/c25-19(22-14-15-8-10-21-11-9-15)18-17(16-6-2-1-3-7-16)23-20(26-18)24-12-4-5-13-24/h1-13H,14H2,(H,22,25). The quantitative estimate of drug-likeness (QED) is 0.587. The van der Waals surface area contributed by atoms with Crippen LogP contribution in [0.5, 0.6) is 0 Å². The largest absolute Gasteiger partial charge is 0.347 e. The first-order valence-electron chi connectivity index (χ1n) is 8.18. The minimum Gasteiger partial charge on any atom is -0.347 e. The van der Waals surface area contributed by atoms with Gasteiger partial charge in [0.1, 0.15) is 4.88 Å². The molecule has 1 N–H and O–H groups in total. The first-order chi connectivity index (χ1) is 12.8. The van der Waals surface area contributed by atoms with Gasteiger partial charge in [0.2, 0.25) is 0 Å². The SMILES string of the molecule is O=C(NCc1ccncc1)c1sc(-n2cccc2)nc1-c1ccccc1. The van der Waals surface area contributed by atoms with E-state index in [1.165, 1.54) is 11.3 Å². The number of aromatic nitrogens is 3. The van der Waals surface area contributed by atoms with Crippen LogP contribution in [-0.2, 0) is 6.54 Å². The summed E-state index contributed by atoms with van der Waals surface area (Å²) in [6.07, 6.45) is 7.28. The minimum absolute atomic E-state index is 0.128. The maximum Gasteiger partial charge on any atom is 0.264 e. The van der Waals surface area contributed by atoms with Gasteiger partial charge in [-0.3, -0.25) is 9.78 Å². The van der Waals surface area contributed by atoms with E-state index >= 15 is 0 Å². The van der Waals surface area contributed by atoms with Crippen molar-refractivity contribution in [1.29, 1.82) is 0 Å². The lowest BCUT2D eigenvalue weighted by Gasteiger charge is -2.05. The Hall–Kier alpha value is -3.25. The number of rotatable bonds is 5. The van der Waals surface area contributed by atoms with E-state index in [0.717, 1.165) is 16.3 Å². The molecule has 0 saturated carbocycles. The van der Waals surface area contributed by atoms with Gasteiger partial charge in [-0.25, -0.2) is 4.98 Å². The van der Waals surface area contributed by atoms with Gasteiger partial charge in [-0.05, 0) is 29.8 Å². The van der Waals surface area contributed by atoms with E-state index in [2.05, 4.69) is 10.3 Å². The number of hydrogen-bond acceptors (Lipinski definition) is 4. The van der Waals surface area contributed by atoms with Crippen molar-refractivity contribution < 1.29 is 4.79 Å². The average Bonchev–Trinajstić information content (AvgIpc) is 3.37. The molecule has 0 aliphatic carbocycles. The molecule has 1 amide bonds. The summed E-state index contributed by atoms with van der Waals surface area (Å²) in [5, 5.41) is 3.75. The predicted octanol–water partition coefficient (Wildman–Crippen LogP) is 3.93. The van der Waals surface area contributed by atoms with Crippen LogP contribution >= 0.6 is 11.3 Å². The second-order valence-electron chi connectivity index (χ2n) is 5.67. The number of nitrogens with zero attached hydrogens (tertiary/aromatic N) is 3. The molecule has 4 aromatic rings. The van der Waals surface area contributed by atoms with Gasteiger partial charge in [0.15, 0.2) is 5.13 Å². The molecule has 1 aromatic carbocycles. The number of pyridine rings is 1. The van der Waals surface area contributed by atoms with Crippen LogP contribution in [0.15, 0.2) is 79.4 Å². The molecule has 0 fully saturated rings. The van der Waals surface area contributed by atoms with Crippen molar-refractivity contribution in [2.45, 2.75) is 6.54 Å². The van der Waals surface area contributed by atoms with Crippen LogP contribution < -0.4 is 5.32 Å². The van der Waals surface area contributed by atoms with E-state index in [9.17, 15) is 4.79 Å². The Morgan fingerprint density at radius 1 is 1.00 bits per heavy atom. The van der Waals surface area contributed by atoms with Crippen molar-refractivity contribution in [3.8, 4) is 16.4 Å². The van der Waals surface area contributed by atoms with Crippen molar-refractivity contribution in [3.63, 3.8) is 0 Å². The molecule has 0 bridgehead atoms. The summed E-state index contributed by atoms with van der Waals surface area (Å²) in [6.45, 7) is 0.451. The van der Waals surface area contributed by atoms with Gasteiger partial charge in [-0.15, -0.1) is 0 Å². The molecule has 5 nitrogen and oxygen atoms in total. The van der Waals surface area contributed by atoms with Crippen molar-refractivity contribution in [2.75, 3.05) is 0 Å². The van der Waals surface area contributed by atoms with Gasteiger partial charge < -0.3 is 9.88 Å². The molecule has 128 valence electrons. The lowest BCUT2D eigenvalue weighted by Crippen LogP contribution is -2.22. The van der Waals surface area contributed by atoms with Gasteiger partial charge in [0, 0.05) is 36.9 Å². The summed E-state index contributed by atoms with van der Waals surface area (Å²) in [4.78, 5) is 22.1. The topological polar surface area (TPSA) is 59.8 Å². The highest BCUT2D eigenvalue weighted by atomic mass is 32.1. The fourth-order valence-electron chi connectivity index (χ4n) is 2.59. The van der Waals surface area contributed by atoms with E-state index < -0.39 is 0 Å². The number of nitrogens with one attached hydrogen (secondary N) is 1. The van der Waals surface area contributed by atoms with Gasteiger partial charge in [-0.1, -0.05) is 41.7 Å². The monoisotopic (exact) mass is 360 g/mol. The van der Waals surface area contributed by atoms with Crippen LogP contribution in [0.4, 0.5) is 0 Å². The van der Waals surface area contributed by atoms with E-state index in [4.69, 9.17) is 4.98 Å².